The van der Waals surface area contributed by atoms with Crippen molar-refractivity contribution in [1.82, 2.24) is 5.32 Å². The van der Waals surface area contributed by atoms with Crippen LogP contribution >= 0.6 is 0 Å². The van der Waals surface area contributed by atoms with E-state index in [1.807, 2.05) is 13.8 Å². The van der Waals surface area contributed by atoms with Gasteiger partial charge in [0.2, 0.25) is 5.91 Å². The summed E-state index contributed by atoms with van der Waals surface area (Å²) in [5, 5.41) is 2.82. The van der Waals surface area contributed by atoms with Crippen molar-refractivity contribution in [2.75, 3.05) is 24.7 Å². The first kappa shape index (κ1) is 22.3. The van der Waals surface area contributed by atoms with E-state index in [9.17, 15) is 18.8 Å². The SMILES string of the molecule is CC(C)CNC(=O)C(C)N1C(=O)COc2ccc(C(=O)COc3ccc(F)cc3)cc21. The van der Waals surface area contributed by atoms with Gasteiger partial charge < -0.3 is 14.8 Å². The molecule has 3 rings (SSSR count). The van der Waals surface area contributed by atoms with Crippen LogP contribution in [0.3, 0.4) is 0 Å². The van der Waals surface area contributed by atoms with Gasteiger partial charge in [0.1, 0.15) is 23.4 Å². The lowest BCUT2D eigenvalue weighted by atomic mass is 10.1. The summed E-state index contributed by atoms with van der Waals surface area (Å²) < 4.78 is 23.9. The van der Waals surface area contributed by atoms with Gasteiger partial charge in [0.25, 0.3) is 5.91 Å². The van der Waals surface area contributed by atoms with Crippen molar-refractivity contribution < 1.29 is 28.2 Å². The van der Waals surface area contributed by atoms with Crippen LogP contribution in [0, 0.1) is 11.7 Å². The lowest BCUT2D eigenvalue weighted by molar-refractivity contribution is -0.127. The lowest BCUT2D eigenvalue weighted by Crippen LogP contribution is -2.52. The fourth-order valence-corrected chi connectivity index (χ4v) is 3.10. The van der Waals surface area contributed by atoms with Crippen molar-refractivity contribution in [3.63, 3.8) is 0 Å². The predicted molar refractivity (Wildman–Crippen MR) is 113 cm³/mol. The zero-order chi connectivity index (χ0) is 22.5. The number of rotatable bonds is 8. The number of nitrogens with one attached hydrogen (secondary N) is 1. The summed E-state index contributed by atoms with van der Waals surface area (Å²) in [5.74, 6) is -0.332. The van der Waals surface area contributed by atoms with Gasteiger partial charge in [0.15, 0.2) is 19.0 Å². The van der Waals surface area contributed by atoms with Crippen molar-refractivity contribution in [2.24, 2.45) is 5.92 Å². The predicted octanol–water partition coefficient (Wildman–Crippen LogP) is 2.97. The van der Waals surface area contributed by atoms with E-state index in [4.69, 9.17) is 9.47 Å². The molecule has 1 aliphatic rings. The quantitative estimate of drug-likeness (QED) is 0.654. The Balaban J connectivity index is 1.77. The van der Waals surface area contributed by atoms with E-state index in [1.54, 1.807) is 19.1 Å². The van der Waals surface area contributed by atoms with E-state index >= 15 is 0 Å². The minimum atomic E-state index is -0.769. The standard InChI is InChI=1S/C23H25FN2O5/c1-14(2)11-25-23(29)15(3)26-19-10-16(4-9-21(19)31-13-22(26)28)20(27)12-30-18-7-5-17(24)6-8-18/h4-10,14-15H,11-13H2,1-3H3,(H,25,29). The largest absolute Gasteiger partial charge is 0.485 e. The highest BCUT2D eigenvalue weighted by atomic mass is 19.1. The molecule has 0 saturated heterocycles. The average molecular weight is 428 g/mol. The van der Waals surface area contributed by atoms with Crippen molar-refractivity contribution in [3.05, 3.63) is 53.8 Å². The molecule has 31 heavy (non-hydrogen) atoms. The average Bonchev–Trinajstić information content (AvgIpc) is 2.75. The van der Waals surface area contributed by atoms with Crippen LogP contribution < -0.4 is 19.7 Å². The second-order valence-corrected chi connectivity index (χ2v) is 7.72. The van der Waals surface area contributed by atoms with Crippen LogP contribution in [0.1, 0.15) is 31.1 Å². The Hall–Kier alpha value is -3.42. The first-order chi connectivity index (χ1) is 14.8. The third-order valence-electron chi connectivity index (χ3n) is 4.80. The normalized spacial score (nSPS) is 14.0. The summed E-state index contributed by atoms with van der Waals surface area (Å²) in [6.45, 7) is 5.64. The second-order valence-electron chi connectivity index (χ2n) is 7.72. The molecule has 7 nitrogen and oxygen atoms in total. The maximum Gasteiger partial charge on any atom is 0.265 e. The molecule has 2 aromatic rings. The van der Waals surface area contributed by atoms with Crippen molar-refractivity contribution in [3.8, 4) is 11.5 Å². The van der Waals surface area contributed by atoms with E-state index in [2.05, 4.69) is 5.32 Å². The number of ether oxygens (including phenoxy) is 2. The number of Topliss-reactive ketones (excluding diaryl/α,β-unsaturated/α-hetero) is 1. The number of carbonyl (C=O) groups excluding carboxylic acids is 3. The van der Waals surface area contributed by atoms with Gasteiger partial charge in [-0.2, -0.15) is 0 Å². The van der Waals surface area contributed by atoms with Crippen LogP contribution in [0.4, 0.5) is 10.1 Å². The number of halogens is 1. The summed E-state index contributed by atoms with van der Waals surface area (Å²) in [4.78, 5) is 39.1. The molecule has 1 heterocycles. The topological polar surface area (TPSA) is 84.9 Å². The molecule has 2 amide bonds. The Morgan fingerprint density at radius 3 is 2.55 bits per heavy atom. The summed E-state index contributed by atoms with van der Waals surface area (Å²) >= 11 is 0. The molecular weight excluding hydrogens is 403 g/mol. The molecule has 0 aliphatic carbocycles. The highest BCUT2D eigenvalue weighted by molar-refractivity contribution is 6.05. The number of nitrogens with zero attached hydrogens (tertiary/aromatic N) is 1. The number of carbonyl (C=O) groups is 3. The Morgan fingerprint density at radius 1 is 1.16 bits per heavy atom. The van der Waals surface area contributed by atoms with Crippen molar-refractivity contribution >= 4 is 23.3 Å². The number of anilines is 1. The molecule has 1 unspecified atom stereocenters. The smallest absolute Gasteiger partial charge is 0.265 e. The van der Waals surface area contributed by atoms with Crippen LogP contribution in [0.15, 0.2) is 42.5 Å². The summed E-state index contributed by atoms with van der Waals surface area (Å²) in [6.07, 6.45) is 0. The summed E-state index contributed by atoms with van der Waals surface area (Å²) in [6, 6.07) is 9.27. The zero-order valence-corrected chi connectivity index (χ0v) is 17.7. The monoisotopic (exact) mass is 428 g/mol. The van der Waals surface area contributed by atoms with E-state index < -0.39 is 11.9 Å². The van der Waals surface area contributed by atoms with Gasteiger partial charge in [-0.1, -0.05) is 13.8 Å². The van der Waals surface area contributed by atoms with Gasteiger partial charge in [0.05, 0.1) is 5.69 Å². The molecule has 1 aliphatic heterocycles. The molecule has 0 saturated carbocycles. The van der Waals surface area contributed by atoms with E-state index in [-0.39, 0.29) is 36.7 Å². The number of hydrogen-bond acceptors (Lipinski definition) is 5. The molecule has 0 bridgehead atoms. The fraction of sp³-hybridized carbons (Fsp3) is 0.348. The van der Waals surface area contributed by atoms with Gasteiger partial charge in [-0.05, 0) is 55.3 Å². The van der Waals surface area contributed by atoms with E-state index in [1.165, 1.54) is 35.2 Å². The first-order valence-electron chi connectivity index (χ1n) is 10.0. The first-order valence-corrected chi connectivity index (χ1v) is 10.0. The molecule has 0 aromatic heterocycles. The molecule has 164 valence electrons. The summed E-state index contributed by atoms with van der Waals surface area (Å²) in [7, 11) is 0. The zero-order valence-electron chi connectivity index (χ0n) is 17.7. The van der Waals surface area contributed by atoms with Gasteiger partial charge in [-0.3, -0.25) is 19.3 Å². The maximum absolute atomic E-state index is 13.0. The maximum atomic E-state index is 13.0. The lowest BCUT2D eigenvalue weighted by Gasteiger charge is -2.33. The molecule has 0 radical (unpaired) electrons. The number of hydrogen-bond donors (Lipinski definition) is 1. The Bertz CT molecular complexity index is 974. The van der Waals surface area contributed by atoms with Gasteiger partial charge in [-0.15, -0.1) is 0 Å². The third kappa shape index (κ3) is 5.39. The Kier molecular flexibility index (Phi) is 6.89. The van der Waals surface area contributed by atoms with Gasteiger partial charge >= 0.3 is 0 Å². The minimum Gasteiger partial charge on any atom is -0.485 e. The minimum absolute atomic E-state index is 0.185. The molecule has 1 atom stereocenters. The third-order valence-corrected chi connectivity index (χ3v) is 4.80. The number of ketones is 1. The highest BCUT2D eigenvalue weighted by Gasteiger charge is 2.33. The van der Waals surface area contributed by atoms with Crippen LogP contribution in [0.25, 0.3) is 0 Å². The van der Waals surface area contributed by atoms with Gasteiger partial charge in [0, 0.05) is 12.1 Å². The van der Waals surface area contributed by atoms with Crippen LogP contribution in [0.5, 0.6) is 11.5 Å². The molecular formula is C23H25FN2O5. The Morgan fingerprint density at radius 2 is 1.87 bits per heavy atom. The number of fused-ring (bicyclic) bond motifs is 1. The van der Waals surface area contributed by atoms with Crippen LogP contribution in [0.2, 0.25) is 0 Å². The molecule has 2 aromatic carbocycles. The van der Waals surface area contributed by atoms with Crippen LogP contribution in [-0.2, 0) is 9.59 Å². The van der Waals surface area contributed by atoms with E-state index in [0.717, 1.165) is 0 Å². The molecule has 0 fully saturated rings. The van der Waals surface area contributed by atoms with Crippen molar-refractivity contribution in [1.29, 1.82) is 0 Å². The van der Waals surface area contributed by atoms with Crippen molar-refractivity contribution in [2.45, 2.75) is 26.8 Å². The highest BCUT2D eigenvalue weighted by Crippen LogP contribution is 2.34. The van der Waals surface area contributed by atoms with Crippen LogP contribution in [-0.4, -0.2) is 43.4 Å². The Labute approximate surface area is 180 Å². The van der Waals surface area contributed by atoms with E-state index in [0.29, 0.717) is 29.3 Å². The second kappa shape index (κ2) is 9.59. The summed E-state index contributed by atoms with van der Waals surface area (Å²) in [5.41, 5.74) is 0.662. The molecule has 1 N–H and O–H groups in total. The number of amides is 2. The molecule has 0 spiro atoms. The fourth-order valence-electron chi connectivity index (χ4n) is 3.10. The van der Waals surface area contributed by atoms with Gasteiger partial charge in [-0.25, -0.2) is 4.39 Å². The number of benzene rings is 2. The molecule has 8 heteroatoms.